The predicted molar refractivity (Wildman–Crippen MR) is 140 cm³/mol. The SMILES string of the molecule is CC(C)c1ccccc1NC(=O)CSc1nnc(SCC(=O)Nc2ccccc2C(C)C)s1. The molecular formula is C24H28N4O2S3. The predicted octanol–water partition coefficient (Wildman–Crippen LogP) is 6.25. The van der Waals surface area contributed by atoms with Crippen molar-refractivity contribution in [2.24, 2.45) is 0 Å². The molecule has 3 rings (SSSR count). The molecule has 0 aliphatic rings. The summed E-state index contributed by atoms with van der Waals surface area (Å²) in [6.45, 7) is 8.40. The zero-order chi connectivity index (χ0) is 23.8. The molecule has 3 aromatic rings. The zero-order valence-corrected chi connectivity index (χ0v) is 21.6. The summed E-state index contributed by atoms with van der Waals surface area (Å²) in [6, 6.07) is 15.7. The van der Waals surface area contributed by atoms with Crippen LogP contribution in [0.5, 0.6) is 0 Å². The van der Waals surface area contributed by atoms with E-state index in [4.69, 9.17) is 0 Å². The van der Waals surface area contributed by atoms with E-state index in [2.05, 4.69) is 48.5 Å². The molecule has 0 atom stereocenters. The summed E-state index contributed by atoms with van der Waals surface area (Å²) in [6.07, 6.45) is 0. The summed E-state index contributed by atoms with van der Waals surface area (Å²) in [5.74, 6) is 0.985. The fourth-order valence-electron chi connectivity index (χ4n) is 3.17. The average Bonchev–Trinajstić information content (AvgIpc) is 3.25. The van der Waals surface area contributed by atoms with Crippen molar-refractivity contribution in [3.05, 3.63) is 59.7 Å². The van der Waals surface area contributed by atoms with Gasteiger partial charge in [0.25, 0.3) is 0 Å². The van der Waals surface area contributed by atoms with Gasteiger partial charge in [0.2, 0.25) is 11.8 Å². The Balaban J connectivity index is 1.47. The lowest BCUT2D eigenvalue weighted by molar-refractivity contribution is -0.114. The molecule has 174 valence electrons. The number of para-hydroxylation sites is 2. The maximum absolute atomic E-state index is 12.4. The number of anilines is 2. The molecule has 0 saturated heterocycles. The van der Waals surface area contributed by atoms with Gasteiger partial charge in [-0.05, 0) is 35.1 Å². The van der Waals surface area contributed by atoms with E-state index in [0.29, 0.717) is 20.5 Å². The Hall–Kier alpha value is -2.36. The molecule has 1 aromatic heterocycles. The van der Waals surface area contributed by atoms with Crippen LogP contribution in [-0.4, -0.2) is 33.5 Å². The highest BCUT2D eigenvalue weighted by atomic mass is 32.2. The van der Waals surface area contributed by atoms with E-state index in [9.17, 15) is 9.59 Å². The molecule has 2 aromatic carbocycles. The quantitative estimate of drug-likeness (QED) is 0.320. The van der Waals surface area contributed by atoms with Crippen LogP contribution in [0.3, 0.4) is 0 Å². The second-order valence-electron chi connectivity index (χ2n) is 7.99. The van der Waals surface area contributed by atoms with Crippen LogP contribution in [0.1, 0.15) is 50.7 Å². The van der Waals surface area contributed by atoms with Crippen LogP contribution in [0.4, 0.5) is 11.4 Å². The highest BCUT2D eigenvalue weighted by molar-refractivity contribution is 8.03. The standard InChI is InChI=1S/C24H28N4O2S3/c1-15(2)17-9-5-7-11-19(17)25-21(29)13-31-23-27-28-24(33-23)32-14-22(30)26-20-12-8-6-10-18(20)16(3)4/h5-12,15-16H,13-14H2,1-4H3,(H,25,29)(H,26,30). The van der Waals surface area contributed by atoms with Crippen LogP contribution < -0.4 is 10.6 Å². The minimum Gasteiger partial charge on any atom is -0.325 e. The minimum atomic E-state index is -0.0827. The Labute approximate surface area is 207 Å². The number of aromatic nitrogens is 2. The van der Waals surface area contributed by atoms with Gasteiger partial charge in [0, 0.05) is 11.4 Å². The fraction of sp³-hybridized carbons (Fsp3) is 0.333. The molecule has 2 amide bonds. The average molecular weight is 501 g/mol. The van der Waals surface area contributed by atoms with Crippen LogP contribution in [-0.2, 0) is 9.59 Å². The van der Waals surface area contributed by atoms with E-state index >= 15 is 0 Å². The molecular weight excluding hydrogens is 472 g/mol. The van der Waals surface area contributed by atoms with Gasteiger partial charge in [0.1, 0.15) is 0 Å². The number of hydrogen-bond acceptors (Lipinski definition) is 7. The summed E-state index contributed by atoms with van der Waals surface area (Å²) in [5, 5.41) is 14.2. The number of rotatable bonds is 10. The normalized spacial score (nSPS) is 11.1. The topological polar surface area (TPSA) is 84.0 Å². The molecule has 1 heterocycles. The molecule has 2 N–H and O–H groups in total. The maximum Gasteiger partial charge on any atom is 0.234 e. The Morgan fingerprint density at radius 2 is 1.15 bits per heavy atom. The molecule has 0 radical (unpaired) electrons. The number of thioether (sulfide) groups is 2. The van der Waals surface area contributed by atoms with E-state index < -0.39 is 0 Å². The molecule has 0 bridgehead atoms. The van der Waals surface area contributed by atoms with Crippen molar-refractivity contribution in [2.45, 2.75) is 48.2 Å². The van der Waals surface area contributed by atoms with Crippen LogP contribution in [0.15, 0.2) is 57.2 Å². The molecule has 0 saturated carbocycles. The molecule has 0 aliphatic carbocycles. The maximum atomic E-state index is 12.4. The van der Waals surface area contributed by atoms with E-state index in [0.717, 1.165) is 22.5 Å². The zero-order valence-electron chi connectivity index (χ0n) is 19.1. The molecule has 0 unspecified atom stereocenters. The number of carbonyl (C=O) groups excluding carboxylic acids is 2. The second-order valence-corrected chi connectivity index (χ2v) is 11.4. The van der Waals surface area contributed by atoms with Crippen LogP contribution in [0.25, 0.3) is 0 Å². The van der Waals surface area contributed by atoms with Gasteiger partial charge in [-0.25, -0.2) is 0 Å². The van der Waals surface area contributed by atoms with Crippen molar-refractivity contribution in [3.63, 3.8) is 0 Å². The van der Waals surface area contributed by atoms with Gasteiger partial charge in [-0.15, -0.1) is 10.2 Å². The number of hydrogen-bond donors (Lipinski definition) is 2. The Morgan fingerprint density at radius 3 is 1.55 bits per heavy atom. The van der Waals surface area contributed by atoms with E-state index in [1.807, 2.05) is 48.5 Å². The van der Waals surface area contributed by atoms with Gasteiger partial charge in [-0.3, -0.25) is 9.59 Å². The fourth-order valence-corrected chi connectivity index (χ4v) is 5.79. The van der Waals surface area contributed by atoms with Gasteiger partial charge in [-0.2, -0.15) is 0 Å². The minimum absolute atomic E-state index is 0.0827. The van der Waals surface area contributed by atoms with Crippen molar-refractivity contribution in [2.75, 3.05) is 22.1 Å². The van der Waals surface area contributed by atoms with Gasteiger partial charge >= 0.3 is 0 Å². The van der Waals surface area contributed by atoms with Crippen molar-refractivity contribution >= 4 is 58.0 Å². The van der Waals surface area contributed by atoms with Crippen LogP contribution >= 0.6 is 34.9 Å². The summed E-state index contributed by atoms with van der Waals surface area (Å²) >= 11 is 4.08. The van der Waals surface area contributed by atoms with Crippen molar-refractivity contribution in [3.8, 4) is 0 Å². The molecule has 33 heavy (non-hydrogen) atoms. The van der Waals surface area contributed by atoms with E-state index in [-0.39, 0.29) is 23.3 Å². The largest absolute Gasteiger partial charge is 0.325 e. The number of benzene rings is 2. The van der Waals surface area contributed by atoms with Gasteiger partial charge < -0.3 is 10.6 Å². The number of nitrogens with one attached hydrogen (secondary N) is 2. The number of amides is 2. The molecule has 0 fully saturated rings. The summed E-state index contributed by atoms with van der Waals surface area (Å²) in [4.78, 5) is 24.8. The summed E-state index contributed by atoms with van der Waals surface area (Å²) in [7, 11) is 0. The lowest BCUT2D eigenvalue weighted by Crippen LogP contribution is -2.15. The Bertz CT molecular complexity index is 1010. The third kappa shape index (κ3) is 7.58. The first-order valence-electron chi connectivity index (χ1n) is 10.7. The first-order chi connectivity index (χ1) is 15.8. The lowest BCUT2D eigenvalue weighted by Gasteiger charge is -2.13. The Kier molecular flexibility index (Phi) is 9.34. The third-order valence-electron chi connectivity index (χ3n) is 4.76. The highest BCUT2D eigenvalue weighted by Gasteiger charge is 2.14. The molecule has 6 nitrogen and oxygen atoms in total. The van der Waals surface area contributed by atoms with E-state index in [1.54, 1.807) is 0 Å². The Morgan fingerprint density at radius 1 is 0.758 bits per heavy atom. The second kappa shape index (κ2) is 12.2. The van der Waals surface area contributed by atoms with E-state index in [1.165, 1.54) is 34.9 Å². The van der Waals surface area contributed by atoms with Crippen molar-refractivity contribution in [1.82, 2.24) is 10.2 Å². The smallest absolute Gasteiger partial charge is 0.234 e. The van der Waals surface area contributed by atoms with Crippen molar-refractivity contribution < 1.29 is 9.59 Å². The lowest BCUT2D eigenvalue weighted by atomic mass is 10.0. The molecule has 0 spiro atoms. The summed E-state index contributed by atoms with van der Waals surface area (Å²) in [5.41, 5.74) is 3.91. The number of carbonyl (C=O) groups is 2. The van der Waals surface area contributed by atoms with Crippen LogP contribution in [0, 0.1) is 0 Å². The third-order valence-corrected chi connectivity index (χ3v) is 7.95. The first-order valence-corrected chi connectivity index (χ1v) is 13.5. The number of nitrogens with zero attached hydrogens (tertiary/aromatic N) is 2. The summed E-state index contributed by atoms with van der Waals surface area (Å²) < 4.78 is 1.41. The van der Waals surface area contributed by atoms with Crippen molar-refractivity contribution in [1.29, 1.82) is 0 Å². The van der Waals surface area contributed by atoms with Gasteiger partial charge in [0.05, 0.1) is 11.5 Å². The van der Waals surface area contributed by atoms with Gasteiger partial charge in [-0.1, -0.05) is 99.0 Å². The molecule has 0 aliphatic heterocycles. The first kappa shape index (κ1) is 25.3. The highest BCUT2D eigenvalue weighted by Crippen LogP contribution is 2.30. The monoisotopic (exact) mass is 500 g/mol. The van der Waals surface area contributed by atoms with Gasteiger partial charge in [0.15, 0.2) is 8.68 Å². The van der Waals surface area contributed by atoms with Crippen LogP contribution in [0.2, 0.25) is 0 Å². The molecule has 9 heteroatoms.